The molecule has 1 fully saturated rings. The number of hydrogen-bond acceptors (Lipinski definition) is 5. The van der Waals surface area contributed by atoms with Crippen molar-refractivity contribution in [3.05, 3.63) is 60.4 Å². The summed E-state index contributed by atoms with van der Waals surface area (Å²) in [6, 6.07) is 14.4. The molecule has 0 radical (unpaired) electrons. The molecule has 0 bridgehead atoms. The zero-order valence-electron chi connectivity index (χ0n) is 17.2. The van der Waals surface area contributed by atoms with Crippen LogP contribution >= 0.6 is 11.8 Å². The molecule has 2 heterocycles. The number of amides is 1. The van der Waals surface area contributed by atoms with E-state index < -0.39 is 0 Å². The summed E-state index contributed by atoms with van der Waals surface area (Å²) in [4.78, 5) is 16.7. The summed E-state index contributed by atoms with van der Waals surface area (Å²) in [6.07, 6.45) is 8.24. The van der Waals surface area contributed by atoms with Gasteiger partial charge in [0.1, 0.15) is 0 Å². The molecule has 0 saturated heterocycles. The Morgan fingerprint density at radius 2 is 1.87 bits per heavy atom. The molecule has 7 heteroatoms. The standard InChI is InChI=1S/C23H27N5OS/c1-17-7-5-6-10-20(17)25-21(29)16-30-23-27-26-22(19-11-13-24-14-12-19)28(23)15-18-8-3-2-4-9-18/h2-4,8-9,11-14,17,20H,5-7,10,15-16H2,1H3,(H,25,29)/t17-,20+/m1/s1. The Balaban J connectivity index is 1.49. The molecule has 0 spiro atoms. The Labute approximate surface area is 181 Å². The quantitative estimate of drug-likeness (QED) is 0.580. The maximum Gasteiger partial charge on any atom is 0.230 e. The van der Waals surface area contributed by atoms with Crippen LogP contribution in [0.25, 0.3) is 11.4 Å². The average Bonchev–Trinajstić information content (AvgIpc) is 3.17. The lowest BCUT2D eigenvalue weighted by Gasteiger charge is -2.29. The molecule has 1 amide bonds. The van der Waals surface area contributed by atoms with E-state index in [1.807, 2.05) is 30.3 Å². The summed E-state index contributed by atoms with van der Waals surface area (Å²) in [7, 11) is 0. The third-order valence-electron chi connectivity index (χ3n) is 5.63. The summed E-state index contributed by atoms with van der Waals surface area (Å²) in [5.74, 6) is 1.74. The normalized spacial score (nSPS) is 18.8. The van der Waals surface area contributed by atoms with Crippen molar-refractivity contribution in [2.45, 2.75) is 50.4 Å². The molecule has 6 nitrogen and oxygen atoms in total. The summed E-state index contributed by atoms with van der Waals surface area (Å²) < 4.78 is 2.08. The lowest BCUT2D eigenvalue weighted by molar-refractivity contribution is -0.119. The minimum absolute atomic E-state index is 0.0680. The Morgan fingerprint density at radius 3 is 2.63 bits per heavy atom. The third kappa shape index (κ3) is 5.08. The van der Waals surface area contributed by atoms with Crippen LogP contribution in [0, 0.1) is 5.92 Å². The molecular weight excluding hydrogens is 394 g/mol. The predicted molar refractivity (Wildman–Crippen MR) is 119 cm³/mol. The molecule has 4 rings (SSSR count). The van der Waals surface area contributed by atoms with E-state index in [4.69, 9.17) is 0 Å². The second-order valence-corrected chi connectivity index (χ2v) is 8.78. The number of thioether (sulfide) groups is 1. The van der Waals surface area contributed by atoms with E-state index in [0.29, 0.717) is 24.3 Å². The van der Waals surface area contributed by atoms with Crippen molar-refractivity contribution >= 4 is 17.7 Å². The highest BCUT2D eigenvalue weighted by molar-refractivity contribution is 7.99. The van der Waals surface area contributed by atoms with Crippen molar-refractivity contribution in [1.29, 1.82) is 0 Å². The van der Waals surface area contributed by atoms with Crippen molar-refractivity contribution in [2.75, 3.05) is 5.75 Å². The highest BCUT2D eigenvalue weighted by atomic mass is 32.2. The summed E-state index contributed by atoms with van der Waals surface area (Å²) in [5, 5.41) is 12.8. The van der Waals surface area contributed by atoms with Crippen LogP contribution in [0.1, 0.15) is 38.2 Å². The Bertz CT molecular complexity index is 960. The van der Waals surface area contributed by atoms with Crippen LogP contribution in [0.5, 0.6) is 0 Å². The Kier molecular flexibility index (Phi) is 6.79. The molecule has 156 valence electrons. The molecule has 2 aromatic heterocycles. The molecular formula is C23H27N5OS. The van der Waals surface area contributed by atoms with Crippen LogP contribution in [0.2, 0.25) is 0 Å². The van der Waals surface area contributed by atoms with Crippen molar-refractivity contribution < 1.29 is 4.79 Å². The predicted octanol–water partition coefficient (Wildman–Crippen LogP) is 4.18. The minimum atomic E-state index is 0.0680. The smallest absolute Gasteiger partial charge is 0.230 e. The van der Waals surface area contributed by atoms with Gasteiger partial charge in [-0.3, -0.25) is 14.3 Å². The van der Waals surface area contributed by atoms with E-state index in [0.717, 1.165) is 28.5 Å². The van der Waals surface area contributed by atoms with Gasteiger partial charge in [0, 0.05) is 24.0 Å². The monoisotopic (exact) mass is 421 g/mol. The van der Waals surface area contributed by atoms with Gasteiger partial charge in [0.25, 0.3) is 0 Å². The molecule has 1 aliphatic carbocycles. The first-order valence-corrected chi connectivity index (χ1v) is 11.5. The van der Waals surface area contributed by atoms with E-state index in [2.05, 4.69) is 44.1 Å². The first-order valence-electron chi connectivity index (χ1n) is 10.5. The lowest BCUT2D eigenvalue weighted by Crippen LogP contribution is -2.41. The van der Waals surface area contributed by atoms with E-state index >= 15 is 0 Å². The highest BCUT2D eigenvalue weighted by Gasteiger charge is 2.23. The maximum atomic E-state index is 12.6. The zero-order chi connectivity index (χ0) is 20.8. The van der Waals surface area contributed by atoms with Gasteiger partial charge in [-0.2, -0.15) is 0 Å². The number of pyridine rings is 1. The summed E-state index contributed by atoms with van der Waals surface area (Å²) in [5.41, 5.74) is 2.12. The largest absolute Gasteiger partial charge is 0.352 e. The number of hydrogen-bond donors (Lipinski definition) is 1. The molecule has 1 saturated carbocycles. The molecule has 3 aromatic rings. The fourth-order valence-corrected chi connectivity index (χ4v) is 4.68. The van der Waals surface area contributed by atoms with Crippen LogP contribution in [-0.4, -0.2) is 37.5 Å². The number of rotatable bonds is 7. The van der Waals surface area contributed by atoms with Gasteiger partial charge in [-0.05, 0) is 36.5 Å². The van der Waals surface area contributed by atoms with E-state index in [-0.39, 0.29) is 5.91 Å². The second-order valence-electron chi connectivity index (χ2n) is 7.84. The zero-order valence-corrected chi connectivity index (χ0v) is 18.0. The average molecular weight is 422 g/mol. The molecule has 1 N–H and O–H groups in total. The molecule has 0 aliphatic heterocycles. The number of carbonyl (C=O) groups is 1. The van der Waals surface area contributed by atoms with E-state index in [9.17, 15) is 4.79 Å². The van der Waals surface area contributed by atoms with Gasteiger partial charge in [-0.15, -0.1) is 10.2 Å². The number of aromatic nitrogens is 4. The van der Waals surface area contributed by atoms with Gasteiger partial charge < -0.3 is 5.32 Å². The van der Waals surface area contributed by atoms with Crippen LogP contribution < -0.4 is 5.32 Å². The molecule has 1 aromatic carbocycles. The fraction of sp³-hybridized carbons (Fsp3) is 0.391. The topological polar surface area (TPSA) is 72.7 Å². The van der Waals surface area contributed by atoms with Gasteiger partial charge in [0.05, 0.1) is 12.3 Å². The first kappa shape index (κ1) is 20.6. The van der Waals surface area contributed by atoms with E-state index in [1.165, 1.54) is 31.0 Å². The van der Waals surface area contributed by atoms with Crippen molar-refractivity contribution in [3.63, 3.8) is 0 Å². The number of nitrogens with zero attached hydrogens (tertiary/aromatic N) is 4. The van der Waals surface area contributed by atoms with Gasteiger partial charge in [0.2, 0.25) is 5.91 Å². The minimum Gasteiger partial charge on any atom is -0.352 e. The van der Waals surface area contributed by atoms with Crippen molar-refractivity contribution in [3.8, 4) is 11.4 Å². The molecule has 1 aliphatic rings. The SMILES string of the molecule is C[C@@H]1CCCC[C@@H]1NC(=O)CSc1nnc(-c2ccncc2)n1Cc1ccccc1. The fourth-order valence-electron chi connectivity index (χ4n) is 3.93. The van der Waals surface area contributed by atoms with Crippen LogP contribution in [0.4, 0.5) is 0 Å². The summed E-state index contributed by atoms with van der Waals surface area (Å²) in [6.45, 7) is 2.88. The van der Waals surface area contributed by atoms with Crippen molar-refractivity contribution in [2.24, 2.45) is 5.92 Å². The van der Waals surface area contributed by atoms with E-state index in [1.54, 1.807) is 12.4 Å². The lowest BCUT2D eigenvalue weighted by atomic mass is 9.86. The number of nitrogens with one attached hydrogen (secondary N) is 1. The van der Waals surface area contributed by atoms with Gasteiger partial charge in [-0.1, -0.05) is 61.9 Å². The number of benzene rings is 1. The van der Waals surface area contributed by atoms with Crippen molar-refractivity contribution in [1.82, 2.24) is 25.1 Å². The van der Waals surface area contributed by atoms with Gasteiger partial charge >= 0.3 is 0 Å². The number of carbonyl (C=O) groups excluding carboxylic acids is 1. The molecule has 30 heavy (non-hydrogen) atoms. The van der Waals surface area contributed by atoms with Gasteiger partial charge in [-0.25, -0.2) is 0 Å². The maximum absolute atomic E-state index is 12.6. The summed E-state index contributed by atoms with van der Waals surface area (Å²) >= 11 is 1.44. The van der Waals surface area contributed by atoms with Crippen LogP contribution in [0.15, 0.2) is 60.0 Å². The van der Waals surface area contributed by atoms with Crippen LogP contribution in [-0.2, 0) is 11.3 Å². The van der Waals surface area contributed by atoms with Gasteiger partial charge in [0.15, 0.2) is 11.0 Å². The Hall–Kier alpha value is -2.67. The van der Waals surface area contributed by atoms with Crippen LogP contribution in [0.3, 0.4) is 0 Å². The highest BCUT2D eigenvalue weighted by Crippen LogP contribution is 2.26. The Morgan fingerprint density at radius 1 is 1.10 bits per heavy atom. The molecule has 0 unspecified atom stereocenters. The first-order chi connectivity index (χ1) is 14.7. The molecule has 2 atom stereocenters. The second kappa shape index (κ2) is 9.89. The third-order valence-corrected chi connectivity index (χ3v) is 6.60.